The second kappa shape index (κ2) is 32.6. The second-order valence-corrected chi connectivity index (χ2v) is 16.1. The lowest BCUT2D eigenvalue weighted by Gasteiger charge is -2.25. The molecule has 0 rings (SSSR count). The number of hydrogen-bond acceptors (Lipinski definition) is 5. The Morgan fingerprint density at radius 1 is 0.694 bits per heavy atom. The van der Waals surface area contributed by atoms with E-state index in [4.69, 9.17) is 9.05 Å². The first-order chi connectivity index (χ1) is 23.5. The van der Waals surface area contributed by atoms with Crippen LogP contribution in [-0.4, -0.2) is 73.4 Å². The van der Waals surface area contributed by atoms with Gasteiger partial charge in [0.1, 0.15) is 13.2 Å². The summed E-state index contributed by atoms with van der Waals surface area (Å²) in [5.41, 5.74) is 0. The van der Waals surface area contributed by atoms with Crippen LogP contribution in [0.25, 0.3) is 0 Å². The standard InChI is InChI=1S/C40H77N2O6P/c1-6-8-10-12-14-16-18-19-20-21-22-23-24-26-28-30-32-34-40(44)41-38(37-48-49(45,46)47-36-35-42(3,4)5)39(43)33-31-29-27-25-17-15-13-11-9-7-2/h14,16,19-20,31,33,38-39,43H,6-13,15,17-18,21-30,32,34-37H2,1-5H3,(H-,41,44,45,46)/p+1/b16-14-,20-19-,33-31+. The lowest BCUT2D eigenvalue weighted by Crippen LogP contribution is -2.45. The molecule has 3 atom stereocenters. The number of unbranched alkanes of at least 4 members (excludes halogenated alkanes) is 18. The number of aliphatic hydroxyl groups excluding tert-OH is 1. The summed E-state index contributed by atoms with van der Waals surface area (Å²) in [6, 6.07) is -0.847. The number of phosphoric ester groups is 1. The minimum absolute atomic E-state index is 0.0591. The molecule has 0 fully saturated rings. The normalized spacial score (nSPS) is 15.0. The summed E-state index contributed by atoms with van der Waals surface area (Å²) in [5.74, 6) is -0.189. The van der Waals surface area contributed by atoms with Crippen molar-refractivity contribution < 1.29 is 32.9 Å². The number of carbonyl (C=O) groups excluding carboxylic acids is 1. The number of phosphoric acid groups is 1. The monoisotopic (exact) mass is 714 g/mol. The fourth-order valence-corrected chi connectivity index (χ4v) is 6.10. The molecule has 0 aliphatic carbocycles. The fourth-order valence-electron chi connectivity index (χ4n) is 5.36. The molecule has 0 aromatic carbocycles. The number of nitrogens with one attached hydrogen (secondary N) is 1. The van der Waals surface area contributed by atoms with Gasteiger partial charge in [-0.05, 0) is 51.4 Å². The Bertz CT molecular complexity index is 902. The van der Waals surface area contributed by atoms with Crippen LogP contribution in [0.3, 0.4) is 0 Å². The Labute approximate surface area is 302 Å². The van der Waals surface area contributed by atoms with Gasteiger partial charge < -0.3 is 19.8 Å². The van der Waals surface area contributed by atoms with Gasteiger partial charge in [0, 0.05) is 6.42 Å². The first-order valence-electron chi connectivity index (χ1n) is 19.9. The molecule has 0 aromatic rings. The van der Waals surface area contributed by atoms with Crippen LogP contribution in [0.2, 0.25) is 0 Å². The average Bonchev–Trinajstić information content (AvgIpc) is 3.04. The van der Waals surface area contributed by atoms with Gasteiger partial charge in [0.05, 0.1) is 39.9 Å². The van der Waals surface area contributed by atoms with E-state index in [1.54, 1.807) is 6.08 Å². The van der Waals surface area contributed by atoms with Crippen molar-refractivity contribution in [2.24, 2.45) is 0 Å². The summed E-state index contributed by atoms with van der Waals surface area (Å²) < 4.78 is 23.4. The van der Waals surface area contributed by atoms with Gasteiger partial charge in [-0.3, -0.25) is 13.8 Å². The first-order valence-corrected chi connectivity index (χ1v) is 21.4. The summed E-state index contributed by atoms with van der Waals surface area (Å²) in [7, 11) is 1.56. The van der Waals surface area contributed by atoms with Crippen LogP contribution in [0.15, 0.2) is 36.5 Å². The molecule has 3 unspecified atom stereocenters. The number of hydrogen-bond donors (Lipinski definition) is 3. The zero-order valence-corrected chi connectivity index (χ0v) is 33.3. The molecule has 0 saturated heterocycles. The highest BCUT2D eigenvalue weighted by molar-refractivity contribution is 7.47. The zero-order chi connectivity index (χ0) is 36.5. The van der Waals surface area contributed by atoms with Crippen molar-refractivity contribution in [2.75, 3.05) is 40.9 Å². The summed E-state index contributed by atoms with van der Waals surface area (Å²) in [5, 5.41) is 13.7. The maximum Gasteiger partial charge on any atom is 0.472 e. The minimum atomic E-state index is -4.33. The van der Waals surface area contributed by atoms with E-state index >= 15 is 0 Å². The van der Waals surface area contributed by atoms with E-state index in [1.165, 1.54) is 89.9 Å². The molecule has 0 bridgehead atoms. The molecular formula is C40H78N2O6P+. The molecule has 0 saturated carbocycles. The predicted octanol–water partition coefficient (Wildman–Crippen LogP) is 10.4. The van der Waals surface area contributed by atoms with Crippen molar-refractivity contribution >= 4 is 13.7 Å². The summed E-state index contributed by atoms with van der Waals surface area (Å²) in [6.45, 7) is 4.74. The van der Waals surface area contributed by atoms with Crippen LogP contribution >= 0.6 is 7.82 Å². The third-order valence-electron chi connectivity index (χ3n) is 8.60. The van der Waals surface area contributed by atoms with E-state index in [0.717, 1.165) is 51.4 Å². The fraction of sp³-hybridized carbons (Fsp3) is 0.825. The topological polar surface area (TPSA) is 105 Å². The number of rotatable bonds is 35. The van der Waals surface area contributed by atoms with E-state index < -0.39 is 20.0 Å². The van der Waals surface area contributed by atoms with Crippen LogP contribution in [-0.2, 0) is 18.4 Å². The van der Waals surface area contributed by atoms with Gasteiger partial charge >= 0.3 is 7.82 Å². The summed E-state index contributed by atoms with van der Waals surface area (Å²) >= 11 is 0. The summed E-state index contributed by atoms with van der Waals surface area (Å²) in [6.07, 6.45) is 37.7. The quantitative estimate of drug-likeness (QED) is 0.0261. The molecule has 8 nitrogen and oxygen atoms in total. The van der Waals surface area contributed by atoms with E-state index in [2.05, 4.69) is 43.5 Å². The molecule has 0 aliphatic rings. The first kappa shape index (κ1) is 47.7. The maximum atomic E-state index is 12.8. The van der Waals surface area contributed by atoms with E-state index in [-0.39, 0.29) is 19.1 Å². The van der Waals surface area contributed by atoms with Crippen LogP contribution < -0.4 is 5.32 Å². The smallest absolute Gasteiger partial charge is 0.387 e. The highest BCUT2D eigenvalue weighted by Crippen LogP contribution is 2.43. The third kappa shape index (κ3) is 34.9. The van der Waals surface area contributed by atoms with Crippen molar-refractivity contribution in [3.05, 3.63) is 36.5 Å². The molecule has 9 heteroatoms. The van der Waals surface area contributed by atoms with Crippen LogP contribution in [0.4, 0.5) is 0 Å². The number of carbonyl (C=O) groups is 1. The number of likely N-dealkylation sites (N-methyl/N-ethyl adjacent to an activating group) is 1. The number of nitrogens with zero attached hydrogens (tertiary/aromatic N) is 1. The molecule has 0 aromatic heterocycles. The summed E-state index contributed by atoms with van der Waals surface area (Å²) in [4.78, 5) is 23.0. The Morgan fingerprint density at radius 3 is 1.71 bits per heavy atom. The second-order valence-electron chi connectivity index (χ2n) is 14.7. The van der Waals surface area contributed by atoms with Gasteiger partial charge in [0.25, 0.3) is 0 Å². The van der Waals surface area contributed by atoms with E-state index in [0.29, 0.717) is 17.4 Å². The van der Waals surface area contributed by atoms with Crippen LogP contribution in [0.1, 0.15) is 162 Å². The predicted molar refractivity (Wildman–Crippen MR) is 208 cm³/mol. The number of quaternary nitrogens is 1. The average molecular weight is 714 g/mol. The van der Waals surface area contributed by atoms with Crippen molar-refractivity contribution in [1.29, 1.82) is 0 Å². The molecule has 1 amide bonds. The van der Waals surface area contributed by atoms with Crippen LogP contribution in [0.5, 0.6) is 0 Å². The van der Waals surface area contributed by atoms with Crippen LogP contribution in [0, 0.1) is 0 Å². The van der Waals surface area contributed by atoms with Gasteiger partial charge in [-0.15, -0.1) is 0 Å². The van der Waals surface area contributed by atoms with Crippen molar-refractivity contribution in [3.63, 3.8) is 0 Å². The molecule has 49 heavy (non-hydrogen) atoms. The highest BCUT2D eigenvalue weighted by atomic mass is 31.2. The zero-order valence-electron chi connectivity index (χ0n) is 32.4. The number of allylic oxidation sites excluding steroid dienone is 5. The van der Waals surface area contributed by atoms with Crippen molar-refractivity contribution in [2.45, 2.75) is 174 Å². The Balaban J connectivity index is 4.46. The molecule has 0 heterocycles. The Morgan fingerprint density at radius 2 is 1.16 bits per heavy atom. The van der Waals surface area contributed by atoms with E-state index in [9.17, 15) is 19.4 Å². The lowest BCUT2D eigenvalue weighted by molar-refractivity contribution is -0.870. The van der Waals surface area contributed by atoms with Gasteiger partial charge in [0.15, 0.2) is 0 Å². The molecule has 0 radical (unpaired) electrons. The Hall–Kier alpha value is -1.28. The van der Waals surface area contributed by atoms with Gasteiger partial charge in [-0.25, -0.2) is 4.57 Å². The van der Waals surface area contributed by atoms with Gasteiger partial charge in [-0.2, -0.15) is 0 Å². The molecule has 3 N–H and O–H groups in total. The lowest BCUT2D eigenvalue weighted by atomic mass is 10.1. The van der Waals surface area contributed by atoms with E-state index in [1.807, 2.05) is 27.2 Å². The number of amides is 1. The maximum absolute atomic E-state index is 12.8. The third-order valence-corrected chi connectivity index (χ3v) is 9.59. The van der Waals surface area contributed by atoms with Crippen molar-refractivity contribution in [3.8, 4) is 0 Å². The van der Waals surface area contributed by atoms with Gasteiger partial charge in [0.2, 0.25) is 5.91 Å². The molecule has 0 spiro atoms. The Kier molecular flexibility index (Phi) is 31.8. The minimum Gasteiger partial charge on any atom is -0.387 e. The largest absolute Gasteiger partial charge is 0.472 e. The van der Waals surface area contributed by atoms with Crippen molar-refractivity contribution in [1.82, 2.24) is 5.32 Å². The molecule has 0 aliphatic heterocycles. The molecule has 288 valence electrons. The highest BCUT2D eigenvalue weighted by Gasteiger charge is 2.27. The van der Waals surface area contributed by atoms with Gasteiger partial charge in [-0.1, -0.05) is 140 Å². The molecular weight excluding hydrogens is 635 g/mol. The SMILES string of the molecule is CCCCC/C=C\C/C=C\CCCCCCCCCC(=O)NC(COP(=O)(O)OCC[N+](C)(C)C)C(O)/C=C/CCCCCCCCCC. The number of aliphatic hydroxyl groups is 1.